The van der Waals surface area contributed by atoms with Crippen molar-refractivity contribution in [3.8, 4) is 17.3 Å². The number of hydrogen-bond donors (Lipinski definition) is 2. The monoisotopic (exact) mass is 559 g/mol. The smallest absolute Gasteiger partial charge is 0.228 e. The van der Waals surface area contributed by atoms with Crippen LogP contribution in [0.2, 0.25) is 18.1 Å². The van der Waals surface area contributed by atoms with E-state index in [1.807, 2.05) is 29.8 Å². The van der Waals surface area contributed by atoms with Crippen molar-refractivity contribution in [2.24, 2.45) is 0 Å². The minimum Gasteiger partial charge on any atom is -0.416 e. The summed E-state index contributed by atoms with van der Waals surface area (Å²) in [5, 5.41) is 21.8. The van der Waals surface area contributed by atoms with Crippen LogP contribution in [-0.4, -0.2) is 54.4 Å². The largest absolute Gasteiger partial charge is 0.416 e. The summed E-state index contributed by atoms with van der Waals surface area (Å²) in [7, 11) is -1.94. The predicted molar refractivity (Wildman–Crippen MR) is 161 cm³/mol. The Hall–Kier alpha value is -3.26. The van der Waals surface area contributed by atoms with E-state index in [4.69, 9.17) is 19.2 Å². The highest BCUT2D eigenvalue weighted by molar-refractivity contribution is 6.74. The van der Waals surface area contributed by atoms with Gasteiger partial charge in [-0.25, -0.2) is 14.6 Å². The molecule has 40 heavy (non-hydrogen) atoms. The van der Waals surface area contributed by atoms with E-state index in [2.05, 4.69) is 68.5 Å². The summed E-state index contributed by atoms with van der Waals surface area (Å²) < 4.78 is 14.3. The summed E-state index contributed by atoms with van der Waals surface area (Å²) >= 11 is 0. The molecule has 0 amide bonds. The van der Waals surface area contributed by atoms with Crippen LogP contribution in [-0.2, 0) is 14.6 Å². The van der Waals surface area contributed by atoms with Crippen molar-refractivity contribution in [1.82, 2.24) is 19.7 Å². The van der Waals surface area contributed by atoms with E-state index in [0.717, 1.165) is 66.6 Å². The van der Waals surface area contributed by atoms with E-state index in [-0.39, 0.29) is 16.5 Å². The first-order chi connectivity index (χ1) is 18.9. The Balaban J connectivity index is 1.44. The van der Waals surface area contributed by atoms with E-state index < -0.39 is 8.32 Å². The van der Waals surface area contributed by atoms with Crippen LogP contribution in [0.5, 0.6) is 0 Å². The van der Waals surface area contributed by atoms with Crippen molar-refractivity contribution >= 4 is 25.8 Å². The normalized spacial score (nSPS) is 19.6. The van der Waals surface area contributed by atoms with Crippen LogP contribution in [0.25, 0.3) is 11.3 Å². The number of ether oxygens (including phenoxy) is 1. The molecule has 4 heterocycles. The molecule has 0 bridgehead atoms. The molecule has 0 radical (unpaired) electrons. The molecule has 1 saturated heterocycles. The second-order valence-electron chi connectivity index (χ2n) is 12.9. The third-order valence-corrected chi connectivity index (χ3v) is 13.2. The first kappa shape index (κ1) is 28.3. The Morgan fingerprint density at radius 3 is 2.70 bits per heavy atom. The number of benzene rings is 1. The average molecular weight is 560 g/mol. The topological polar surface area (TPSA) is 110 Å². The fourth-order valence-electron chi connectivity index (χ4n) is 5.12. The van der Waals surface area contributed by atoms with Crippen LogP contribution < -0.4 is 10.6 Å². The number of nitrogens with zero attached hydrogens (tertiary/aromatic N) is 5. The maximum absolute atomic E-state index is 10.0. The third kappa shape index (κ3) is 5.51. The van der Waals surface area contributed by atoms with Gasteiger partial charge in [-0.1, -0.05) is 27.7 Å². The maximum atomic E-state index is 10.0. The Morgan fingerprint density at radius 1 is 1.25 bits per heavy atom. The molecule has 1 aromatic carbocycles. The molecule has 2 N–H and O–H groups in total. The van der Waals surface area contributed by atoms with Gasteiger partial charge in [0, 0.05) is 49.6 Å². The van der Waals surface area contributed by atoms with Gasteiger partial charge in [0.05, 0.1) is 28.7 Å². The third-order valence-electron chi connectivity index (χ3n) is 8.71. The van der Waals surface area contributed by atoms with Gasteiger partial charge in [-0.3, -0.25) is 0 Å². The van der Waals surface area contributed by atoms with E-state index in [1.54, 1.807) is 6.20 Å². The second kappa shape index (κ2) is 10.6. The molecule has 9 nitrogen and oxygen atoms in total. The highest BCUT2D eigenvalue weighted by atomic mass is 28.4. The zero-order valence-corrected chi connectivity index (χ0v) is 25.8. The predicted octanol–water partition coefficient (Wildman–Crippen LogP) is 6.32. The van der Waals surface area contributed by atoms with Gasteiger partial charge in [0.1, 0.15) is 11.9 Å². The van der Waals surface area contributed by atoms with Crippen LogP contribution in [0.15, 0.2) is 30.5 Å². The summed E-state index contributed by atoms with van der Waals surface area (Å²) in [5.74, 6) is 1.36. The molecule has 5 rings (SSSR count). The van der Waals surface area contributed by atoms with Crippen LogP contribution >= 0.6 is 0 Å². The number of aryl methyl sites for hydroxylation is 1. The van der Waals surface area contributed by atoms with Crippen molar-refractivity contribution < 1.29 is 9.16 Å². The summed E-state index contributed by atoms with van der Waals surface area (Å²) in [5.41, 5.74) is 4.94. The number of nitriles is 1. The summed E-state index contributed by atoms with van der Waals surface area (Å²) in [6.45, 7) is 18.3. The number of hydrogen-bond acceptors (Lipinski definition) is 8. The van der Waals surface area contributed by atoms with Gasteiger partial charge < -0.3 is 19.8 Å². The van der Waals surface area contributed by atoms with Crippen LogP contribution in [0, 0.1) is 18.3 Å². The summed E-state index contributed by atoms with van der Waals surface area (Å²) in [6, 6.07) is 10.7. The molecule has 10 heteroatoms. The molecule has 0 saturated carbocycles. The Morgan fingerprint density at radius 2 is 2.00 bits per heavy atom. The molecule has 2 aliphatic rings. The van der Waals surface area contributed by atoms with Gasteiger partial charge in [0.2, 0.25) is 5.95 Å². The highest BCUT2D eigenvalue weighted by Gasteiger charge is 2.42. The first-order valence-corrected chi connectivity index (χ1v) is 17.0. The molecule has 2 aromatic heterocycles. The van der Waals surface area contributed by atoms with E-state index >= 15 is 0 Å². The van der Waals surface area contributed by atoms with Crippen molar-refractivity contribution in [3.05, 3.63) is 47.3 Å². The van der Waals surface area contributed by atoms with Crippen LogP contribution in [0.3, 0.4) is 0 Å². The van der Waals surface area contributed by atoms with Crippen molar-refractivity contribution in [3.63, 3.8) is 0 Å². The lowest BCUT2D eigenvalue weighted by molar-refractivity contribution is 0.0668. The SMILES string of the molecule is Cc1cc(Nc2nccc(-c3cc(C#N)c4c(c3)[C@@](C)(CO[Si](C)(C)C(C)(C)C)CN4)n2)n(C2CCOCC2)n1. The van der Waals surface area contributed by atoms with Crippen LogP contribution in [0.1, 0.15) is 63.4 Å². The summed E-state index contributed by atoms with van der Waals surface area (Å²) in [6.07, 6.45) is 3.60. The summed E-state index contributed by atoms with van der Waals surface area (Å²) in [4.78, 5) is 9.36. The second-order valence-corrected chi connectivity index (χ2v) is 17.7. The molecule has 1 atom stereocenters. The molecule has 0 unspecified atom stereocenters. The van der Waals surface area contributed by atoms with Crippen LogP contribution in [0.4, 0.5) is 17.5 Å². The Labute approximate surface area is 238 Å². The van der Waals surface area contributed by atoms with Gasteiger partial charge in [0.15, 0.2) is 8.32 Å². The van der Waals surface area contributed by atoms with Crippen molar-refractivity contribution in [2.45, 2.75) is 77.0 Å². The standard InChI is InChI=1S/C30H41N7O2Si/c1-20-14-26(37(36-20)23-9-12-38-13-10-23)35-28-32-11-8-25(34-28)21-15-22(17-31)27-24(16-21)30(5,18-33-27)19-39-40(6,7)29(2,3)4/h8,11,14-16,23,33H,9-10,12-13,18-19H2,1-7H3,(H,32,34,35)/t30-/m1/s1. The average Bonchev–Trinajstić information content (AvgIpc) is 3.46. The van der Waals surface area contributed by atoms with Crippen molar-refractivity contribution in [1.29, 1.82) is 5.26 Å². The molecular formula is C30H41N7O2Si. The lowest BCUT2D eigenvalue weighted by atomic mass is 9.83. The lowest BCUT2D eigenvalue weighted by Gasteiger charge is -2.39. The molecule has 212 valence electrons. The van der Waals surface area contributed by atoms with Gasteiger partial charge in [0.25, 0.3) is 0 Å². The molecule has 0 spiro atoms. The highest BCUT2D eigenvalue weighted by Crippen LogP contribution is 2.44. The minimum absolute atomic E-state index is 0.126. The fraction of sp³-hybridized carbons (Fsp3) is 0.533. The van der Waals surface area contributed by atoms with Gasteiger partial charge in [-0.15, -0.1) is 0 Å². The van der Waals surface area contributed by atoms with E-state index in [1.165, 1.54) is 0 Å². The first-order valence-electron chi connectivity index (χ1n) is 14.1. The van der Waals surface area contributed by atoms with Crippen molar-refractivity contribution in [2.75, 3.05) is 37.0 Å². The molecule has 1 fully saturated rings. The number of rotatable bonds is 7. The number of nitrogens with one attached hydrogen (secondary N) is 2. The van der Waals surface area contributed by atoms with E-state index in [9.17, 15) is 5.26 Å². The Kier molecular flexibility index (Phi) is 7.50. The molecule has 2 aliphatic heterocycles. The van der Waals surface area contributed by atoms with Gasteiger partial charge in [-0.05, 0) is 61.7 Å². The molecular weight excluding hydrogens is 518 g/mol. The van der Waals surface area contributed by atoms with E-state index in [0.29, 0.717) is 18.1 Å². The van der Waals surface area contributed by atoms with Gasteiger partial charge in [-0.2, -0.15) is 10.4 Å². The lowest BCUT2D eigenvalue weighted by Crippen LogP contribution is -2.45. The Bertz CT molecular complexity index is 1430. The fourth-order valence-corrected chi connectivity index (χ4v) is 6.23. The quantitative estimate of drug-likeness (QED) is 0.324. The molecule has 0 aliphatic carbocycles. The molecule has 3 aromatic rings. The van der Waals surface area contributed by atoms with Gasteiger partial charge >= 0.3 is 0 Å². The number of aromatic nitrogens is 4. The number of fused-ring (bicyclic) bond motifs is 1. The zero-order chi connectivity index (χ0) is 28.7. The number of anilines is 3. The minimum atomic E-state index is -1.94. The maximum Gasteiger partial charge on any atom is 0.228 e. The zero-order valence-electron chi connectivity index (χ0n) is 24.8.